The van der Waals surface area contributed by atoms with Crippen LogP contribution >= 0.6 is 11.8 Å². The van der Waals surface area contributed by atoms with Crippen LogP contribution in [0.1, 0.15) is 45.7 Å². The zero-order valence-corrected chi connectivity index (χ0v) is 11.6. The van der Waals surface area contributed by atoms with E-state index in [1.807, 2.05) is 18.7 Å². The molecule has 1 unspecified atom stereocenters. The molecular formula is C14H23NS. The minimum atomic E-state index is 0.128. The molecule has 0 saturated heterocycles. The second-order valence-corrected chi connectivity index (χ2v) is 6.69. The van der Waals surface area contributed by atoms with Crippen LogP contribution < -0.4 is 5.73 Å². The van der Waals surface area contributed by atoms with Crippen LogP contribution in [0.5, 0.6) is 0 Å². The first-order valence-corrected chi connectivity index (χ1v) is 6.85. The van der Waals surface area contributed by atoms with Crippen LogP contribution in [0.2, 0.25) is 0 Å². The van der Waals surface area contributed by atoms with Crippen molar-refractivity contribution in [2.45, 2.75) is 45.1 Å². The molecule has 0 aliphatic carbocycles. The second kappa shape index (κ2) is 5.74. The first-order valence-electron chi connectivity index (χ1n) is 5.87. The summed E-state index contributed by atoms with van der Waals surface area (Å²) in [5, 5.41) is 0. The van der Waals surface area contributed by atoms with Gasteiger partial charge in [0, 0.05) is 10.9 Å². The lowest BCUT2D eigenvalue weighted by Crippen LogP contribution is -2.06. The summed E-state index contributed by atoms with van der Waals surface area (Å²) in [6.45, 7) is 8.88. The molecule has 0 saturated carbocycles. The third-order valence-corrected chi connectivity index (χ3v) is 3.50. The molecule has 1 atom stereocenters. The van der Waals surface area contributed by atoms with Gasteiger partial charge in [-0.1, -0.05) is 32.9 Å². The number of thioether (sulfide) groups is 1. The maximum atomic E-state index is 5.87. The standard InChI is InChI=1S/C14H23NS/c1-11(15)12-6-5-7-13(10-12)16-9-8-14(2,3)4/h5-7,10-11H,8-9,15H2,1-4H3. The summed E-state index contributed by atoms with van der Waals surface area (Å²) >= 11 is 1.92. The Morgan fingerprint density at radius 1 is 1.31 bits per heavy atom. The van der Waals surface area contributed by atoms with Crippen LogP contribution in [-0.4, -0.2) is 5.75 Å². The molecule has 0 amide bonds. The lowest BCUT2D eigenvalue weighted by atomic mass is 9.94. The fourth-order valence-corrected chi connectivity index (χ4v) is 2.71. The van der Waals surface area contributed by atoms with E-state index in [1.165, 1.54) is 22.6 Å². The molecule has 0 spiro atoms. The van der Waals surface area contributed by atoms with Crippen LogP contribution in [-0.2, 0) is 0 Å². The summed E-state index contributed by atoms with van der Waals surface area (Å²) in [7, 11) is 0. The molecule has 16 heavy (non-hydrogen) atoms. The van der Waals surface area contributed by atoms with Gasteiger partial charge in [-0.25, -0.2) is 0 Å². The van der Waals surface area contributed by atoms with Gasteiger partial charge < -0.3 is 5.73 Å². The highest BCUT2D eigenvalue weighted by atomic mass is 32.2. The Balaban J connectivity index is 2.51. The van der Waals surface area contributed by atoms with E-state index >= 15 is 0 Å². The van der Waals surface area contributed by atoms with Gasteiger partial charge in [-0.3, -0.25) is 0 Å². The van der Waals surface area contributed by atoms with Gasteiger partial charge >= 0.3 is 0 Å². The van der Waals surface area contributed by atoms with Crippen molar-refractivity contribution in [3.63, 3.8) is 0 Å². The monoisotopic (exact) mass is 237 g/mol. The molecule has 1 aromatic rings. The minimum absolute atomic E-state index is 0.128. The summed E-state index contributed by atoms with van der Waals surface area (Å²) < 4.78 is 0. The fraction of sp³-hybridized carbons (Fsp3) is 0.571. The Bertz CT molecular complexity index is 326. The van der Waals surface area contributed by atoms with E-state index in [-0.39, 0.29) is 6.04 Å². The summed E-state index contributed by atoms with van der Waals surface area (Å²) in [6.07, 6.45) is 1.24. The van der Waals surface area contributed by atoms with Gasteiger partial charge in [0.1, 0.15) is 0 Å². The number of hydrogen-bond acceptors (Lipinski definition) is 2. The molecule has 2 N–H and O–H groups in total. The summed E-state index contributed by atoms with van der Waals surface area (Å²) in [6, 6.07) is 8.69. The molecule has 0 aromatic heterocycles. The fourth-order valence-electron chi connectivity index (χ4n) is 1.36. The molecule has 1 aromatic carbocycles. The Morgan fingerprint density at radius 2 is 2.00 bits per heavy atom. The predicted molar refractivity (Wildman–Crippen MR) is 73.8 cm³/mol. The van der Waals surface area contributed by atoms with Crippen molar-refractivity contribution >= 4 is 11.8 Å². The third-order valence-electron chi connectivity index (χ3n) is 2.50. The Hall–Kier alpha value is -0.470. The van der Waals surface area contributed by atoms with Crippen molar-refractivity contribution in [2.24, 2.45) is 11.1 Å². The van der Waals surface area contributed by atoms with E-state index in [0.29, 0.717) is 5.41 Å². The second-order valence-electron chi connectivity index (χ2n) is 5.52. The molecule has 0 radical (unpaired) electrons. The lowest BCUT2D eigenvalue weighted by molar-refractivity contribution is 0.401. The van der Waals surface area contributed by atoms with Crippen LogP contribution in [0.4, 0.5) is 0 Å². The van der Waals surface area contributed by atoms with Crippen LogP contribution in [0, 0.1) is 5.41 Å². The van der Waals surface area contributed by atoms with Gasteiger partial charge in [0.25, 0.3) is 0 Å². The van der Waals surface area contributed by atoms with Crippen LogP contribution in [0.25, 0.3) is 0 Å². The van der Waals surface area contributed by atoms with Gasteiger partial charge in [0.2, 0.25) is 0 Å². The van der Waals surface area contributed by atoms with Crippen molar-refractivity contribution in [2.75, 3.05) is 5.75 Å². The minimum Gasteiger partial charge on any atom is -0.324 e. The quantitative estimate of drug-likeness (QED) is 0.793. The molecule has 0 aliphatic heterocycles. The average Bonchev–Trinajstić information content (AvgIpc) is 2.16. The lowest BCUT2D eigenvalue weighted by Gasteiger charge is -2.17. The van der Waals surface area contributed by atoms with E-state index in [4.69, 9.17) is 5.73 Å². The van der Waals surface area contributed by atoms with Crippen molar-refractivity contribution in [1.29, 1.82) is 0 Å². The van der Waals surface area contributed by atoms with Crippen molar-refractivity contribution < 1.29 is 0 Å². The molecule has 1 rings (SSSR count). The maximum Gasteiger partial charge on any atom is 0.0266 e. The summed E-state index contributed by atoms with van der Waals surface area (Å²) in [5.74, 6) is 1.17. The Labute approximate surface area is 104 Å². The maximum absolute atomic E-state index is 5.87. The largest absolute Gasteiger partial charge is 0.324 e. The van der Waals surface area contributed by atoms with E-state index in [9.17, 15) is 0 Å². The van der Waals surface area contributed by atoms with Gasteiger partial charge in [-0.05, 0) is 42.2 Å². The third kappa shape index (κ3) is 5.04. The van der Waals surface area contributed by atoms with E-state index < -0.39 is 0 Å². The van der Waals surface area contributed by atoms with E-state index in [2.05, 4.69) is 45.0 Å². The number of nitrogens with two attached hydrogens (primary N) is 1. The van der Waals surface area contributed by atoms with Crippen molar-refractivity contribution in [3.8, 4) is 0 Å². The molecule has 0 bridgehead atoms. The summed E-state index contributed by atoms with van der Waals surface area (Å²) in [4.78, 5) is 1.33. The first-order chi connectivity index (χ1) is 7.38. The van der Waals surface area contributed by atoms with E-state index in [1.54, 1.807) is 0 Å². The molecular weight excluding hydrogens is 214 g/mol. The van der Waals surface area contributed by atoms with Gasteiger partial charge in [-0.15, -0.1) is 11.8 Å². The highest BCUT2D eigenvalue weighted by Gasteiger charge is 2.09. The van der Waals surface area contributed by atoms with Crippen LogP contribution in [0.15, 0.2) is 29.2 Å². The predicted octanol–water partition coefficient (Wildman–Crippen LogP) is 4.23. The Kier molecular flexibility index (Phi) is 4.88. The number of hydrogen-bond donors (Lipinski definition) is 1. The first kappa shape index (κ1) is 13.6. The topological polar surface area (TPSA) is 26.0 Å². The van der Waals surface area contributed by atoms with Gasteiger partial charge in [0.05, 0.1) is 0 Å². The molecule has 0 aliphatic rings. The molecule has 0 heterocycles. The zero-order valence-electron chi connectivity index (χ0n) is 10.8. The molecule has 2 heteroatoms. The normalized spacial score (nSPS) is 13.8. The van der Waals surface area contributed by atoms with Crippen molar-refractivity contribution in [1.82, 2.24) is 0 Å². The highest BCUT2D eigenvalue weighted by molar-refractivity contribution is 7.99. The highest BCUT2D eigenvalue weighted by Crippen LogP contribution is 2.27. The molecule has 0 fully saturated rings. The Morgan fingerprint density at radius 3 is 2.56 bits per heavy atom. The number of rotatable bonds is 4. The smallest absolute Gasteiger partial charge is 0.0266 e. The summed E-state index contributed by atoms with van der Waals surface area (Å²) in [5.41, 5.74) is 7.52. The van der Waals surface area contributed by atoms with Crippen molar-refractivity contribution in [3.05, 3.63) is 29.8 Å². The van der Waals surface area contributed by atoms with E-state index in [0.717, 1.165) is 0 Å². The zero-order chi connectivity index (χ0) is 12.2. The SMILES string of the molecule is CC(N)c1cccc(SCCC(C)(C)C)c1. The average molecular weight is 237 g/mol. The van der Waals surface area contributed by atoms with Gasteiger partial charge in [-0.2, -0.15) is 0 Å². The van der Waals surface area contributed by atoms with Crippen LogP contribution in [0.3, 0.4) is 0 Å². The molecule has 1 nitrogen and oxygen atoms in total. The molecule has 90 valence electrons. The van der Waals surface area contributed by atoms with Gasteiger partial charge in [0.15, 0.2) is 0 Å². The number of benzene rings is 1.